The van der Waals surface area contributed by atoms with Crippen molar-refractivity contribution in [3.63, 3.8) is 0 Å². The van der Waals surface area contributed by atoms with E-state index in [-0.39, 0.29) is 0 Å². The number of thiophene rings is 1. The van der Waals surface area contributed by atoms with Gasteiger partial charge in [-0.05, 0) is 36.5 Å². The van der Waals surface area contributed by atoms with Crippen molar-refractivity contribution < 1.29 is 0 Å². The highest BCUT2D eigenvalue weighted by atomic mass is 32.1. The van der Waals surface area contributed by atoms with E-state index in [1.165, 1.54) is 4.70 Å². The number of nitrogens with zero attached hydrogens (tertiary/aromatic N) is 3. The molecule has 20 heavy (non-hydrogen) atoms. The highest BCUT2D eigenvalue weighted by Crippen LogP contribution is 2.23. The monoisotopic (exact) mass is 284 g/mol. The Morgan fingerprint density at radius 3 is 3.10 bits per heavy atom. The highest BCUT2D eigenvalue weighted by Gasteiger charge is 2.05. The normalized spacial score (nSPS) is 11.1. The van der Waals surface area contributed by atoms with E-state index in [0.29, 0.717) is 0 Å². The fourth-order valence-electron chi connectivity index (χ4n) is 2.00. The number of nitrogens with one attached hydrogen (secondary N) is 1. The molecule has 3 aromatic heterocycles. The topological polar surface area (TPSA) is 50.7 Å². The van der Waals surface area contributed by atoms with Gasteiger partial charge in [-0.1, -0.05) is 6.92 Å². The van der Waals surface area contributed by atoms with Crippen molar-refractivity contribution >= 4 is 21.6 Å². The maximum atomic E-state index is 4.60. The smallest absolute Gasteiger partial charge is 0.161 e. The second-order valence-electron chi connectivity index (χ2n) is 4.58. The van der Waals surface area contributed by atoms with Gasteiger partial charge in [0, 0.05) is 24.5 Å². The molecule has 0 saturated heterocycles. The number of hydrogen-bond acceptors (Lipinski definition) is 5. The van der Waals surface area contributed by atoms with Crippen LogP contribution in [0.2, 0.25) is 0 Å². The van der Waals surface area contributed by atoms with Crippen LogP contribution in [0.15, 0.2) is 36.0 Å². The molecule has 1 N–H and O–H groups in total. The van der Waals surface area contributed by atoms with Crippen molar-refractivity contribution in [2.24, 2.45) is 0 Å². The zero-order chi connectivity index (χ0) is 13.8. The Hall–Kier alpha value is -1.85. The molecule has 0 amide bonds. The van der Waals surface area contributed by atoms with Crippen LogP contribution in [0.4, 0.5) is 0 Å². The minimum Gasteiger partial charge on any atom is -0.311 e. The van der Waals surface area contributed by atoms with E-state index < -0.39 is 0 Å². The Morgan fingerprint density at radius 1 is 1.25 bits per heavy atom. The first-order valence-corrected chi connectivity index (χ1v) is 7.61. The predicted molar refractivity (Wildman–Crippen MR) is 82.6 cm³/mol. The van der Waals surface area contributed by atoms with Gasteiger partial charge in [-0.15, -0.1) is 11.3 Å². The van der Waals surface area contributed by atoms with Gasteiger partial charge in [-0.3, -0.25) is 4.98 Å². The molecule has 0 atom stereocenters. The van der Waals surface area contributed by atoms with E-state index in [9.17, 15) is 0 Å². The van der Waals surface area contributed by atoms with Gasteiger partial charge in [0.25, 0.3) is 0 Å². The Bertz CT molecular complexity index is 708. The zero-order valence-electron chi connectivity index (χ0n) is 11.3. The van der Waals surface area contributed by atoms with Crippen LogP contribution in [0.5, 0.6) is 0 Å². The van der Waals surface area contributed by atoms with Gasteiger partial charge in [0.2, 0.25) is 0 Å². The Labute approximate surface area is 121 Å². The van der Waals surface area contributed by atoms with Gasteiger partial charge >= 0.3 is 0 Å². The van der Waals surface area contributed by atoms with E-state index in [4.69, 9.17) is 0 Å². The van der Waals surface area contributed by atoms with Crippen LogP contribution in [-0.4, -0.2) is 21.5 Å². The number of hydrogen-bond donors (Lipinski definition) is 1. The number of aromatic nitrogens is 3. The van der Waals surface area contributed by atoms with Crippen LogP contribution in [0, 0.1) is 0 Å². The second-order valence-corrected chi connectivity index (χ2v) is 5.52. The molecule has 102 valence electrons. The SMILES string of the molecule is CCCNCc1ccnc(-c2cnc3ccsc3c2)n1. The van der Waals surface area contributed by atoms with Crippen LogP contribution in [0.3, 0.4) is 0 Å². The third kappa shape index (κ3) is 2.84. The van der Waals surface area contributed by atoms with E-state index in [0.717, 1.165) is 42.1 Å². The summed E-state index contributed by atoms with van der Waals surface area (Å²) in [4.78, 5) is 13.4. The van der Waals surface area contributed by atoms with Crippen LogP contribution >= 0.6 is 11.3 Å². The third-order valence-electron chi connectivity index (χ3n) is 3.01. The van der Waals surface area contributed by atoms with Gasteiger partial charge in [-0.25, -0.2) is 9.97 Å². The van der Waals surface area contributed by atoms with Crippen molar-refractivity contribution in [2.45, 2.75) is 19.9 Å². The van der Waals surface area contributed by atoms with E-state index in [1.54, 1.807) is 11.3 Å². The van der Waals surface area contributed by atoms with Crippen molar-refractivity contribution in [1.82, 2.24) is 20.3 Å². The maximum Gasteiger partial charge on any atom is 0.161 e. The number of rotatable bonds is 5. The molecule has 0 aliphatic rings. The number of fused-ring (bicyclic) bond motifs is 1. The molecule has 3 rings (SSSR count). The highest BCUT2D eigenvalue weighted by molar-refractivity contribution is 7.17. The molecule has 0 unspecified atom stereocenters. The van der Waals surface area contributed by atoms with Crippen molar-refractivity contribution in [2.75, 3.05) is 6.54 Å². The summed E-state index contributed by atoms with van der Waals surface area (Å²) in [6.07, 6.45) is 4.77. The zero-order valence-corrected chi connectivity index (χ0v) is 12.2. The van der Waals surface area contributed by atoms with Gasteiger partial charge in [0.05, 0.1) is 15.9 Å². The summed E-state index contributed by atoms with van der Waals surface area (Å²) in [7, 11) is 0. The number of pyridine rings is 1. The van der Waals surface area contributed by atoms with Crippen molar-refractivity contribution in [1.29, 1.82) is 0 Å². The summed E-state index contributed by atoms with van der Waals surface area (Å²) < 4.78 is 1.17. The van der Waals surface area contributed by atoms with Crippen LogP contribution in [-0.2, 0) is 6.54 Å². The molecule has 0 aromatic carbocycles. The Balaban J connectivity index is 1.86. The summed E-state index contributed by atoms with van der Waals surface area (Å²) in [5.74, 6) is 0.739. The Kier molecular flexibility index (Phi) is 3.99. The minimum atomic E-state index is 0.739. The van der Waals surface area contributed by atoms with Gasteiger partial charge in [-0.2, -0.15) is 0 Å². The molecule has 4 nitrogen and oxygen atoms in total. The van der Waals surface area contributed by atoms with Gasteiger partial charge in [0.15, 0.2) is 5.82 Å². The predicted octanol–water partition coefficient (Wildman–Crippen LogP) is 3.25. The van der Waals surface area contributed by atoms with Gasteiger partial charge < -0.3 is 5.32 Å². The molecule has 5 heteroatoms. The largest absolute Gasteiger partial charge is 0.311 e. The summed E-state index contributed by atoms with van der Waals surface area (Å²) in [5.41, 5.74) is 3.01. The molecular weight excluding hydrogens is 268 g/mol. The average Bonchev–Trinajstić information content (AvgIpc) is 2.95. The lowest BCUT2D eigenvalue weighted by molar-refractivity contribution is 0.663. The molecule has 0 bridgehead atoms. The molecule has 0 aliphatic carbocycles. The summed E-state index contributed by atoms with van der Waals surface area (Å²) in [5, 5.41) is 5.40. The molecule has 3 aromatic rings. The quantitative estimate of drug-likeness (QED) is 0.731. The second kappa shape index (κ2) is 6.07. The van der Waals surface area contributed by atoms with E-state index >= 15 is 0 Å². The summed E-state index contributed by atoms with van der Waals surface area (Å²) in [6, 6.07) is 6.07. The van der Waals surface area contributed by atoms with Crippen LogP contribution in [0.25, 0.3) is 21.6 Å². The fourth-order valence-corrected chi connectivity index (χ4v) is 2.78. The first kappa shape index (κ1) is 13.1. The molecule has 3 heterocycles. The Morgan fingerprint density at radius 2 is 2.20 bits per heavy atom. The first-order valence-electron chi connectivity index (χ1n) is 6.73. The summed E-state index contributed by atoms with van der Waals surface area (Å²) >= 11 is 1.69. The van der Waals surface area contributed by atoms with Crippen molar-refractivity contribution in [3.8, 4) is 11.4 Å². The molecule has 0 fully saturated rings. The standard InChI is InChI=1S/C15H16N4S/c1-2-5-16-10-12-3-6-17-15(19-12)11-8-14-13(18-9-11)4-7-20-14/h3-4,6-9,16H,2,5,10H2,1H3. The molecule has 0 radical (unpaired) electrons. The third-order valence-corrected chi connectivity index (χ3v) is 3.86. The summed E-state index contributed by atoms with van der Waals surface area (Å²) in [6.45, 7) is 3.93. The van der Waals surface area contributed by atoms with Crippen LogP contribution < -0.4 is 5.32 Å². The first-order chi connectivity index (χ1) is 9.86. The molecule has 0 aliphatic heterocycles. The average molecular weight is 284 g/mol. The maximum absolute atomic E-state index is 4.60. The molecule has 0 spiro atoms. The molecule has 0 saturated carbocycles. The van der Waals surface area contributed by atoms with Crippen molar-refractivity contribution in [3.05, 3.63) is 41.7 Å². The van der Waals surface area contributed by atoms with Gasteiger partial charge in [0.1, 0.15) is 0 Å². The lowest BCUT2D eigenvalue weighted by Gasteiger charge is -2.05. The van der Waals surface area contributed by atoms with Crippen LogP contribution in [0.1, 0.15) is 19.0 Å². The lowest BCUT2D eigenvalue weighted by atomic mass is 10.2. The lowest BCUT2D eigenvalue weighted by Crippen LogP contribution is -2.15. The van der Waals surface area contributed by atoms with E-state index in [2.05, 4.69) is 33.3 Å². The minimum absolute atomic E-state index is 0.739. The molecular formula is C15H16N4S. The van der Waals surface area contributed by atoms with E-state index in [1.807, 2.05) is 29.9 Å². The fraction of sp³-hybridized carbons (Fsp3) is 0.267.